The number of aromatic nitrogens is 2. The predicted octanol–water partition coefficient (Wildman–Crippen LogP) is 7.52. The van der Waals surface area contributed by atoms with Gasteiger partial charge < -0.3 is 4.98 Å². The third kappa shape index (κ3) is 7.72. The van der Waals surface area contributed by atoms with Gasteiger partial charge in [0.15, 0.2) is 0 Å². The average molecular weight is 479 g/mol. The zero-order chi connectivity index (χ0) is 26.1. The van der Waals surface area contributed by atoms with Gasteiger partial charge in [-0.25, -0.2) is 4.98 Å². The van der Waals surface area contributed by atoms with Crippen molar-refractivity contribution in [2.45, 2.75) is 79.0 Å². The normalized spacial score (nSPS) is 11.1. The Labute approximate surface area is 219 Å². The van der Waals surface area contributed by atoms with Crippen LogP contribution in [0.15, 0.2) is 85.2 Å². The molecular weight excluding hydrogens is 435 g/mol. The van der Waals surface area contributed by atoms with Crippen molar-refractivity contribution in [1.82, 2.24) is 9.97 Å². The van der Waals surface area contributed by atoms with Crippen LogP contribution in [0.25, 0.3) is 0 Å². The van der Waals surface area contributed by atoms with E-state index in [4.69, 9.17) is 0 Å². The lowest BCUT2D eigenvalue weighted by Crippen LogP contribution is -2.44. The van der Waals surface area contributed by atoms with Crippen LogP contribution in [-0.2, 0) is 12.8 Å². The van der Waals surface area contributed by atoms with Crippen molar-refractivity contribution in [3.8, 4) is 0 Å². The molecule has 3 heteroatoms. The molecule has 0 spiro atoms. The van der Waals surface area contributed by atoms with E-state index in [-0.39, 0.29) is 0 Å². The van der Waals surface area contributed by atoms with Gasteiger partial charge in [0.05, 0.1) is 0 Å². The number of nitrogens with one attached hydrogen (secondary N) is 1. The lowest BCUT2D eigenvalue weighted by molar-refractivity contribution is 0.867. The highest BCUT2D eigenvalue weighted by Crippen LogP contribution is 2.17. The second kappa shape index (κ2) is 13.3. The van der Waals surface area contributed by atoms with Gasteiger partial charge in [0, 0.05) is 18.8 Å². The number of hydrogen-bond acceptors (Lipinski definition) is 1. The maximum Gasteiger partial charge on any atom is 0.211 e. The lowest BCUT2D eigenvalue weighted by atomic mass is 9.34. The molecule has 4 rings (SSSR count). The van der Waals surface area contributed by atoms with Crippen molar-refractivity contribution in [2.75, 3.05) is 0 Å². The van der Waals surface area contributed by atoms with Crippen LogP contribution in [0.1, 0.15) is 88.4 Å². The first kappa shape index (κ1) is 27.5. The van der Waals surface area contributed by atoms with Crippen molar-refractivity contribution in [1.29, 1.82) is 0 Å². The molecule has 0 bridgehead atoms. The summed E-state index contributed by atoms with van der Waals surface area (Å²) in [7, 11) is 0. The van der Waals surface area contributed by atoms with Crippen LogP contribution in [0.3, 0.4) is 0 Å². The third-order valence-electron chi connectivity index (χ3n) is 6.87. The summed E-state index contributed by atoms with van der Waals surface area (Å²) in [6, 6.07) is 26.9. The maximum absolute atomic E-state index is 4.21. The maximum atomic E-state index is 4.21. The smallest absolute Gasteiger partial charge is 0.211 e. The molecule has 0 radical (unpaired) electrons. The Morgan fingerprint density at radius 2 is 1.28 bits per heavy atom. The molecule has 1 heterocycles. The number of nitrogens with zero attached hydrogens (tertiary/aromatic N) is 1. The molecular formula is C33H43BN2. The summed E-state index contributed by atoms with van der Waals surface area (Å²) in [5.41, 5.74) is 8.46. The Morgan fingerprint density at radius 3 is 1.75 bits per heavy atom. The van der Waals surface area contributed by atoms with Gasteiger partial charge in [-0.3, -0.25) is 0 Å². The predicted molar refractivity (Wildman–Crippen MR) is 158 cm³/mol. The van der Waals surface area contributed by atoms with Gasteiger partial charge in [-0.15, -0.1) is 0 Å². The number of imidazole rings is 1. The van der Waals surface area contributed by atoms with Crippen molar-refractivity contribution in [2.24, 2.45) is 0 Å². The van der Waals surface area contributed by atoms with Crippen molar-refractivity contribution >= 4 is 17.6 Å². The summed E-state index contributed by atoms with van der Waals surface area (Å²) >= 11 is 0. The number of benzene rings is 3. The molecule has 0 aliphatic carbocycles. The summed E-state index contributed by atoms with van der Waals surface area (Å²) in [4.78, 5) is 7.32. The van der Waals surface area contributed by atoms with E-state index >= 15 is 0 Å². The van der Waals surface area contributed by atoms with Gasteiger partial charge >= 0.3 is 0 Å². The van der Waals surface area contributed by atoms with Crippen LogP contribution in [0.5, 0.6) is 0 Å². The lowest BCUT2D eigenvalue weighted by Gasteiger charge is -2.21. The van der Waals surface area contributed by atoms with Crippen molar-refractivity contribution < 1.29 is 0 Å². The largest absolute Gasteiger partial charge is 0.348 e. The molecule has 1 N–H and O–H groups in total. The minimum absolute atomic E-state index is 0.470. The van der Waals surface area contributed by atoms with Gasteiger partial charge in [-0.2, -0.15) is 0 Å². The first-order valence-electron chi connectivity index (χ1n) is 13.5. The molecule has 0 atom stereocenters. The Kier molecular flexibility index (Phi) is 10.2. The van der Waals surface area contributed by atoms with Crippen LogP contribution < -0.4 is 10.9 Å². The number of H-pyrrole nitrogens is 1. The molecule has 0 fully saturated rings. The third-order valence-corrected chi connectivity index (χ3v) is 6.87. The number of hydrogen-bond donors (Lipinski definition) is 1. The first-order chi connectivity index (χ1) is 17.3. The number of aromatic amines is 1. The molecule has 0 unspecified atom stereocenters. The molecule has 0 saturated heterocycles. The standard InChI is InChI=1S/C21H29B.C12H14N2/c1-15(2)18-9-7-11-20(13-18)22(17(5)6)21-12-8-10-19(14-21)16(3)4;1-2-10-4-3-5-11(8-10)9-12-13-6-7-14-12/h7-17H,1-6H3;3-8H,2,9H2,1H3,(H,13,14). The van der Waals surface area contributed by atoms with Gasteiger partial charge in [0.1, 0.15) is 5.82 Å². The molecule has 2 nitrogen and oxygen atoms in total. The Balaban J connectivity index is 0.000000221. The quantitative estimate of drug-likeness (QED) is 0.261. The van der Waals surface area contributed by atoms with Crippen LogP contribution >= 0.6 is 0 Å². The highest BCUT2D eigenvalue weighted by atomic mass is 14.9. The summed E-state index contributed by atoms with van der Waals surface area (Å²) in [6.45, 7) is 16.4. The summed E-state index contributed by atoms with van der Waals surface area (Å²) in [5, 5.41) is 0. The minimum Gasteiger partial charge on any atom is -0.348 e. The van der Waals surface area contributed by atoms with Crippen LogP contribution in [0, 0.1) is 0 Å². The Bertz CT molecular complexity index is 1140. The van der Waals surface area contributed by atoms with Crippen LogP contribution in [-0.4, -0.2) is 16.7 Å². The van der Waals surface area contributed by atoms with Crippen LogP contribution in [0.2, 0.25) is 5.82 Å². The van der Waals surface area contributed by atoms with Gasteiger partial charge in [0.2, 0.25) is 6.71 Å². The summed E-state index contributed by atoms with van der Waals surface area (Å²) in [6.07, 6.45) is 5.63. The topological polar surface area (TPSA) is 28.7 Å². The van der Waals surface area contributed by atoms with E-state index in [0.717, 1.165) is 18.7 Å². The fraction of sp³-hybridized carbons (Fsp3) is 0.364. The first-order valence-corrected chi connectivity index (χ1v) is 13.5. The Hall–Kier alpha value is -3.07. The van der Waals surface area contributed by atoms with Gasteiger partial charge in [0.25, 0.3) is 0 Å². The van der Waals surface area contributed by atoms with E-state index in [1.165, 1.54) is 33.2 Å². The second-order valence-corrected chi connectivity index (χ2v) is 10.8. The highest BCUT2D eigenvalue weighted by molar-refractivity contribution is 6.86. The fourth-order valence-corrected chi connectivity index (χ4v) is 4.73. The molecule has 188 valence electrons. The van der Waals surface area contributed by atoms with E-state index < -0.39 is 0 Å². The van der Waals surface area contributed by atoms with E-state index in [0.29, 0.717) is 24.4 Å². The molecule has 0 amide bonds. The molecule has 0 saturated carbocycles. The van der Waals surface area contributed by atoms with Crippen molar-refractivity contribution in [3.63, 3.8) is 0 Å². The average Bonchev–Trinajstić information content (AvgIpc) is 3.38. The van der Waals surface area contributed by atoms with E-state index in [9.17, 15) is 0 Å². The fourth-order valence-electron chi connectivity index (χ4n) is 4.73. The highest BCUT2D eigenvalue weighted by Gasteiger charge is 2.23. The molecule has 3 aromatic carbocycles. The zero-order valence-electron chi connectivity index (χ0n) is 23.3. The Morgan fingerprint density at radius 1 is 0.722 bits per heavy atom. The monoisotopic (exact) mass is 478 g/mol. The van der Waals surface area contributed by atoms with Crippen molar-refractivity contribution in [3.05, 3.63) is 113 Å². The second-order valence-electron chi connectivity index (χ2n) is 10.8. The SMILES string of the molecule is CC(C)B(c1cccc(C(C)C)c1)c1cccc(C(C)C)c1.CCc1cccc(Cc2ncc[nH]2)c1. The summed E-state index contributed by atoms with van der Waals surface area (Å²) in [5.74, 6) is 2.77. The number of rotatable bonds is 8. The molecule has 4 aromatic rings. The van der Waals surface area contributed by atoms with E-state index in [2.05, 4.69) is 131 Å². The summed E-state index contributed by atoms with van der Waals surface area (Å²) < 4.78 is 0. The van der Waals surface area contributed by atoms with E-state index in [1.807, 2.05) is 6.20 Å². The molecule has 36 heavy (non-hydrogen) atoms. The van der Waals surface area contributed by atoms with Gasteiger partial charge in [-0.05, 0) is 40.5 Å². The minimum atomic E-state index is 0.470. The van der Waals surface area contributed by atoms with E-state index in [1.54, 1.807) is 6.20 Å². The van der Waals surface area contributed by atoms with Gasteiger partial charge in [-0.1, -0.05) is 138 Å². The molecule has 1 aromatic heterocycles. The molecule has 0 aliphatic rings. The van der Waals surface area contributed by atoms with Crippen LogP contribution in [0.4, 0.5) is 0 Å². The zero-order valence-corrected chi connectivity index (χ0v) is 23.3. The molecule has 0 aliphatic heterocycles. The number of aryl methyl sites for hydroxylation is 1.